The van der Waals surface area contributed by atoms with Crippen molar-refractivity contribution in [1.82, 2.24) is 0 Å². The lowest BCUT2D eigenvalue weighted by molar-refractivity contribution is -0.0224. The summed E-state index contributed by atoms with van der Waals surface area (Å²) < 4.78 is 11.6. The van der Waals surface area contributed by atoms with Crippen molar-refractivity contribution in [1.29, 1.82) is 0 Å². The Hall–Kier alpha value is -0.900. The number of fused-ring (bicyclic) bond motifs is 1. The summed E-state index contributed by atoms with van der Waals surface area (Å²) in [6.07, 6.45) is 5.78. The van der Waals surface area contributed by atoms with Crippen LogP contribution in [-0.2, 0) is 15.9 Å². The molecule has 0 amide bonds. The number of ether oxygens (including phenoxy) is 2. The Kier molecular flexibility index (Phi) is 4.71. The molecule has 2 N–H and O–H groups in total. The van der Waals surface area contributed by atoms with Crippen LogP contribution in [0.4, 0.5) is 0 Å². The third-order valence-electron chi connectivity index (χ3n) is 4.64. The Balaban J connectivity index is 1.62. The fourth-order valence-corrected chi connectivity index (χ4v) is 3.32. The van der Waals surface area contributed by atoms with Crippen LogP contribution in [0.3, 0.4) is 0 Å². The highest BCUT2D eigenvalue weighted by atomic mass is 16.5. The van der Waals surface area contributed by atoms with Gasteiger partial charge in [0.15, 0.2) is 0 Å². The van der Waals surface area contributed by atoms with Crippen LogP contribution in [0.2, 0.25) is 0 Å². The summed E-state index contributed by atoms with van der Waals surface area (Å²) in [4.78, 5) is 0. The molecule has 1 aliphatic heterocycles. The van der Waals surface area contributed by atoms with Crippen LogP contribution >= 0.6 is 0 Å². The Labute approximate surface area is 121 Å². The molecule has 1 saturated heterocycles. The molecule has 110 valence electrons. The summed E-state index contributed by atoms with van der Waals surface area (Å²) in [7, 11) is 0. The van der Waals surface area contributed by atoms with Gasteiger partial charge in [-0.1, -0.05) is 24.3 Å². The van der Waals surface area contributed by atoms with Crippen molar-refractivity contribution in [3.63, 3.8) is 0 Å². The number of hydrogen-bond donors (Lipinski definition) is 1. The lowest BCUT2D eigenvalue weighted by Gasteiger charge is -2.27. The Morgan fingerprint density at radius 1 is 1.15 bits per heavy atom. The molecule has 0 spiro atoms. The molecule has 3 nitrogen and oxygen atoms in total. The molecule has 2 aliphatic rings. The minimum Gasteiger partial charge on any atom is -0.381 e. The summed E-state index contributed by atoms with van der Waals surface area (Å²) in [6, 6.07) is 8.58. The van der Waals surface area contributed by atoms with Gasteiger partial charge in [0.1, 0.15) is 0 Å². The van der Waals surface area contributed by atoms with Crippen molar-refractivity contribution in [2.24, 2.45) is 11.7 Å². The molecular formula is C17H25NO2. The largest absolute Gasteiger partial charge is 0.381 e. The van der Waals surface area contributed by atoms with Crippen LogP contribution in [0.15, 0.2) is 24.3 Å². The van der Waals surface area contributed by atoms with E-state index in [2.05, 4.69) is 24.3 Å². The van der Waals surface area contributed by atoms with E-state index in [9.17, 15) is 0 Å². The lowest BCUT2D eigenvalue weighted by Crippen LogP contribution is -2.31. The van der Waals surface area contributed by atoms with Crippen molar-refractivity contribution in [2.75, 3.05) is 19.8 Å². The minimum absolute atomic E-state index is 0.0218. The van der Waals surface area contributed by atoms with Gasteiger partial charge in [-0.3, -0.25) is 0 Å². The number of aryl methyl sites for hydroxylation is 1. The minimum atomic E-state index is 0.0218. The third-order valence-corrected chi connectivity index (χ3v) is 4.64. The predicted octanol–water partition coefficient (Wildman–Crippen LogP) is 2.83. The molecule has 3 rings (SSSR count). The van der Waals surface area contributed by atoms with Crippen molar-refractivity contribution >= 4 is 0 Å². The third kappa shape index (κ3) is 3.22. The molecule has 0 radical (unpaired) electrons. The van der Waals surface area contributed by atoms with Crippen LogP contribution in [0.25, 0.3) is 0 Å². The van der Waals surface area contributed by atoms with E-state index in [0.29, 0.717) is 5.92 Å². The quantitative estimate of drug-likeness (QED) is 0.863. The Morgan fingerprint density at radius 3 is 2.80 bits per heavy atom. The second kappa shape index (κ2) is 6.70. The van der Waals surface area contributed by atoms with Gasteiger partial charge in [0.2, 0.25) is 0 Å². The molecule has 0 aromatic heterocycles. The van der Waals surface area contributed by atoms with Crippen LogP contribution in [0.1, 0.15) is 42.9 Å². The molecule has 2 atom stereocenters. The van der Waals surface area contributed by atoms with Crippen LogP contribution in [0, 0.1) is 5.92 Å². The van der Waals surface area contributed by atoms with Gasteiger partial charge in [-0.2, -0.15) is 0 Å². The summed E-state index contributed by atoms with van der Waals surface area (Å²) in [5.41, 5.74) is 9.14. The normalized spacial score (nSPS) is 27.9. The van der Waals surface area contributed by atoms with Crippen LogP contribution < -0.4 is 5.73 Å². The number of rotatable bonds is 3. The SMILES string of the molecule is NC1c2ccccc2CCCC1OCC1CCOCC1. The average molecular weight is 275 g/mol. The van der Waals surface area contributed by atoms with Gasteiger partial charge >= 0.3 is 0 Å². The van der Waals surface area contributed by atoms with E-state index in [1.54, 1.807) is 0 Å². The molecule has 0 saturated carbocycles. The Bertz CT molecular complexity index is 429. The van der Waals surface area contributed by atoms with E-state index in [1.807, 2.05) is 0 Å². The first-order chi connectivity index (χ1) is 9.84. The summed E-state index contributed by atoms with van der Waals surface area (Å²) in [5.74, 6) is 0.648. The zero-order valence-corrected chi connectivity index (χ0v) is 12.1. The van der Waals surface area contributed by atoms with Gasteiger partial charge in [-0.05, 0) is 49.1 Å². The van der Waals surface area contributed by atoms with Crippen molar-refractivity contribution in [2.45, 2.75) is 44.2 Å². The van der Waals surface area contributed by atoms with Gasteiger partial charge in [0.05, 0.1) is 18.8 Å². The molecule has 20 heavy (non-hydrogen) atoms. The monoisotopic (exact) mass is 275 g/mol. The van der Waals surface area contributed by atoms with Gasteiger partial charge in [0, 0.05) is 13.2 Å². The maximum absolute atomic E-state index is 6.46. The van der Waals surface area contributed by atoms with Gasteiger partial charge in [0.25, 0.3) is 0 Å². The Morgan fingerprint density at radius 2 is 1.95 bits per heavy atom. The summed E-state index contributed by atoms with van der Waals surface area (Å²) in [6.45, 7) is 2.60. The smallest absolute Gasteiger partial charge is 0.0767 e. The van der Waals surface area contributed by atoms with Crippen LogP contribution in [0.5, 0.6) is 0 Å². The second-order valence-electron chi connectivity index (χ2n) is 6.04. The zero-order valence-electron chi connectivity index (χ0n) is 12.1. The highest BCUT2D eigenvalue weighted by Gasteiger charge is 2.26. The summed E-state index contributed by atoms with van der Waals surface area (Å²) >= 11 is 0. The first kappa shape index (κ1) is 14.1. The van der Waals surface area contributed by atoms with Crippen molar-refractivity contribution in [3.05, 3.63) is 35.4 Å². The first-order valence-corrected chi connectivity index (χ1v) is 7.87. The molecule has 1 aromatic carbocycles. The topological polar surface area (TPSA) is 44.5 Å². The number of nitrogens with two attached hydrogens (primary N) is 1. The second-order valence-corrected chi connectivity index (χ2v) is 6.04. The molecule has 0 bridgehead atoms. The zero-order chi connectivity index (χ0) is 13.8. The van der Waals surface area contributed by atoms with E-state index in [1.165, 1.54) is 17.5 Å². The molecule has 1 aromatic rings. The van der Waals surface area contributed by atoms with E-state index in [0.717, 1.165) is 45.5 Å². The fourth-order valence-electron chi connectivity index (χ4n) is 3.32. The predicted molar refractivity (Wildman–Crippen MR) is 79.6 cm³/mol. The lowest BCUT2D eigenvalue weighted by atomic mass is 9.98. The molecular weight excluding hydrogens is 250 g/mol. The van der Waals surface area contributed by atoms with E-state index < -0.39 is 0 Å². The molecule has 3 heteroatoms. The molecule has 1 fully saturated rings. The molecule has 1 heterocycles. The fraction of sp³-hybridized carbons (Fsp3) is 0.647. The maximum Gasteiger partial charge on any atom is 0.0767 e. The highest BCUT2D eigenvalue weighted by Crippen LogP contribution is 2.29. The maximum atomic E-state index is 6.46. The first-order valence-electron chi connectivity index (χ1n) is 7.87. The number of benzene rings is 1. The summed E-state index contributed by atoms with van der Waals surface area (Å²) in [5, 5.41) is 0. The molecule has 1 aliphatic carbocycles. The van der Waals surface area contributed by atoms with Crippen molar-refractivity contribution in [3.8, 4) is 0 Å². The van der Waals surface area contributed by atoms with Crippen LogP contribution in [-0.4, -0.2) is 25.9 Å². The highest BCUT2D eigenvalue weighted by molar-refractivity contribution is 5.31. The van der Waals surface area contributed by atoms with Gasteiger partial charge < -0.3 is 15.2 Å². The van der Waals surface area contributed by atoms with E-state index in [-0.39, 0.29) is 12.1 Å². The van der Waals surface area contributed by atoms with E-state index >= 15 is 0 Å². The standard InChI is InChI=1S/C17H25NO2/c18-17-15-6-2-1-4-14(15)5-3-7-16(17)20-12-13-8-10-19-11-9-13/h1-2,4,6,13,16-17H,3,5,7-12,18H2. The van der Waals surface area contributed by atoms with Gasteiger partial charge in [-0.25, -0.2) is 0 Å². The number of hydrogen-bond acceptors (Lipinski definition) is 3. The van der Waals surface area contributed by atoms with Crippen molar-refractivity contribution < 1.29 is 9.47 Å². The van der Waals surface area contributed by atoms with Gasteiger partial charge in [-0.15, -0.1) is 0 Å². The molecule has 2 unspecified atom stereocenters. The average Bonchev–Trinajstić information content (AvgIpc) is 2.66. The van der Waals surface area contributed by atoms with E-state index in [4.69, 9.17) is 15.2 Å².